The highest BCUT2D eigenvalue weighted by Gasteiger charge is 2.14. The SMILES string of the molecule is CCNC(=O)C(=O)N/N=C\c1cc(Br)c(OCC(=O)Nc2ccccc2)c(OCC)c1. The summed E-state index contributed by atoms with van der Waals surface area (Å²) in [5, 5.41) is 8.88. The van der Waals surface area contributed by atoms with Crippen LogP contribution in [0.3, 0.4) is 0 Å². The first-order valence-corrected chi connectivity index (χ1v) is 10.3. The molecule has 2 aromatic carbocycles. The number of hydrazone groups is 1. The number of carbonyl (C=O) groups is 3. The van der Waals surface area contributed by atoms with Crippen LogP contribution in [0.15, 0.2) is 52.0 Å². The van der Waals surface area contributed by atoms with Crippen LogP contribution in [-0.2, 0) is 14.4 Å². The third-order valence-corrected chi connectivity index (χ3v) is 4.25. The molecule has 0 heterocycles. The van der Waals surface area contributed by atoms with E-state index in [0.717, 1.165) is 0 Å². The zero-order chi connectivity index (χ0) is 22.6. The number of anilines is 1. The van der Waals surface area contributed by atoms with Gasteiger partial charge in [0.2, 0.25) is 0 Å². The van der Waals surface area contributed by atoms with Crippen molar-refractivity contribution in [3.8, 4) is 11.5 Å². The number of halogens is 1. The molecule has 0 saturated heterocycles. The standard InChI is InChI=1S/C21H23BrN4O5/c1-3-23-20(28)21(29)26-24-12-14-10-16(22)19(17(11-14)30-4-2)31-13-18(27)25-15-8-6-5-7-9-15/h5-12H,3-4,13H2,1-2H3,(H,23,28)(H,25,27)(H,26,29)/b24-12-. The fourth-order valence-electron chi connectivity index (χ4n) is 2.38. The molecule has 0 spiro atoms. The quantitative estimate of drug-likeness (QED) is 0.283. The van der Waals surface area contributed by atoms with E-state index in [-0.39, 0.29) is 12.5 Å². The second-order valence-electron chi connectivity index (χ2n) is 6.02. The molecule has 0 saturated carbocycles. The molecule has 0 radical (unpaired) electrons. The van der Waals surface area contributed by atoms with Gasteiger partial charge >= 0.3 is 11.8 Å². The molecule has 0 unspecified atom stereocenters. The van der Waals surface area contributed by atoms with E-state index in [1.54, 1.807) is 31.2 Å². The Kier molecular flexibility index (Phi) is 9.50. The van der Waals surface area contributed by atoms with E-state index >= 15 is 0 Å². The summed E-state index contributed by atoms with van der Waals surface area (Å²) in [5.41, 5.74) is 3.39. The number of hydrogen-bond acceptors (Lipinski definition) is 6. The third kappa shape index (κ3) is 7.74. The van der Waals surface area contributed by atoms with Crippen molar-refractivity contribution in [1.82, 2.24) is 10.7 Å². The van der Waals surface area contributed by atoms with Gasteiger partial charge in [-0.2, -0.15) is 5.10 Å². The second kappa shape index (κ2) is 12.3. The van der Waals surface area contributed by atoms with E-state index in [4.69, 9.17) is 9.47 Å². The monoisotopic (exact) mass is 490 g/mol. The van der Waals surface area contributed by atoms with Crippen LogP contribution in [0.5, 0.6) is 11.5 Å². The van der Waals surface area contributed by atoms with E-state index in [1.165, 1.54) is 6.21 Å². The molecule has 0 aliphatic rings. The molecular weight excluding hydrogens is 468 g/mol. The average molecular weight is 491 g/mol. The van der Waals surface area contributed by atoms with Crippen molar-refractivity contribution in [3.63, 3.8) is 0 Å². The molecule has 0 bridgehead atoms. The van der Waals surface area contributed by atoms with Crippen LogP contribution in [0.25, 0.3) is 0 Å². The van der Waals surface area contributed by atoms with E-state index in [0.29, 0.717) is 40.4 Å². The highest BCUT2D eigenvalue weighted by Crippen LogP contribution is 2.36. The normalized spacial score (nSPS) is 10.4. The fraction of sp³-hybridized carbons (Fsp3) is 0.238. The first-order chi connectivity index (χ1) is 14.9. The zero-order valence-electron chi connectivity index (χ0n) is 17.1. The van der Waals surface area contributed by atoms with Crippen LogP contribution in [0.4, 0.5) is 5.69 Å². The number of likely N-dealkylation sites (N-methyl/N-ethyl adjacent to an activating group) is 1. The summed E-state index contributed by atoms with van der Waals surface area (Å²) < 4.78 is 11.8. The lowest BCUT2D eigenvalue weighted by Crippen LogP contribution is -2.37. The van der Waals surface area contributed by atoms with Gasteiger partial charge in [-0.1, -0.05) is 18.2 Å². The summed E-state index contributed by atoms with van der Waals surface area (Å²) in [5.74, 6) is -1.21. The van der Waals surface area contributed by atoms with Crippen molar-refractivity contribution < 1.29 is 23.9 Å². The van der Waals surface area contributed by atoms with Gasteiger partial charge in [0.05, 0.1) is 17.3 Å². The largest absolute Gasteiger partial charge is 0.490 e. The number of nitrogens with one attached hydrogen (secondary N) is 3. The van der Waals surface area contributed by atoms with Gasteiger partial charge in [-0.15, -0.1) is 0 Å². The zero-order valence-corrected chi connectivity index (χ0v) is 18.7. The van der Waals surface area contributed by atoms with Gasteiger partial charge in [-0.25, -0.2) is 5.43 Å². The Balaban J connectivity index is 2.05. The van der Waals surface area contributed by atoms with Crippen molar-refractivity contribution in [2.45, 2.75) is 13.8 Å². The van der Waals surface area contributed by atoms with Crippen molar-refractivity contribution in [1.29, 1.82) is 0 Å². The highest BCUT2D eigenvalue weighted by atomic mass is 79.9. The number of benzene rings is 2. The van der Waals surface area contributed by atoms with Crippen LogP contribution in [-0.4, -0.2) is 43.7 Å². The van der Waals surface area contributed by atoms with Crippen LogP contribution < -0.4 is 25.5 Å². The molecule has 9 nitrogen and oxygen atoms in total. The van der Waals surface area contributed by atoms with Gasteiger partial charge in [0.25, 0.3) is 5.91 Å². The number of amides is 3. The van der Waals surface area contributed by atoms with Gasteiger partial charge in [0.15, 0.2) is 18.1 Å². The van der Waals surface area contributed by atoms with Crippen molar-refractivity contribution >= 4 is 45.6 Å². The second-order valence-corrected chi connectivity index (χ2v) is 6.88. The molecule has 3 amide bonds. The topological polar surface area (TPSA) is 118 Å². The van der Waals surface area contributed by atoms with Crippen molar-refractivity contribution in [2.24, 2.45) is 5.10 Å². The first kappa shape index (κ1) is 23.9. The Bertz CT molecular complexity index is 950. The molecule has 0 aromatic heterocycles. The molecule has 0 atom stereocenters. The summed E-state index contributed by atoms with van der Waals surface area (Å²) in [7, 11) is 0. The lowest BCUT2D eigenvalue weighted by Gasteiger charge is -2.14. The van der Waals surface area contributed by atoms with Gasteiger partial charge in [0, 0.05) is 12.2 Å². The molecule has 0 aliphatic carbocycles. The fourth-order valence-corrected chi connectivity index (χ4v) is 2.95. The summed E-state index contributed by atoms with van der Waals surface area (Å²) >= 11 is 3.40. The maximum absolute atomic E-state index is 12.2. The number of para-hydroxylation sites is 1. The minimum absolute atomic E-state index is 0.219. The number of ether oxygens (including phenoxy) is 2. The molecular formula is C21H23BrN4O5. The van der Waals surface area contributed by atoms with Crippen LogP contribution in [0.1, 0.15) is 19.4 Å². The van der Waals surface area contributed by atoms with Gasteiger partial charge in [-0.05, 0) is 59.6 Å². The van der Waals surface area contributed by atoms with E-state index < -0.39 is 11.8 Å². The summed E-state index contributed by atoms with van der Waals surface area (Å²) in [6.45, 7) is 4.01. The maximum atomic E-state index is 12.2. The Morgan fingerprint density at radius 2 is 1.81 bits per heavy atom. The molecule has 0 fully saturated rings. The van der Waals surface area contributed by atoms with E-state index in [9.17, 15) is 14.4 Å². The summed E-state index contributed by atoms with van der Waals surface area (Å²) in [6.07, 6.45) is 1.36. The molecule has 10 heteroatoms. The van der Waals surface area contributed by atoms with Gasteiger partial charge in [0.1, 0.15) is 0 Å². The number of hydrogen-bond donors (Lipinski definition) is 3. The van der Waals surface area contributed by atoms with E-state index in [1.807, 2.05) is 25.1 Å². The third-order valence-electron chi connectivity index (χ3n) is 3.66. The molecule has 2 rings (SSSR count). The predicted molar refractivity (Wildman–Crippen MR) is 120 cm³/mol. The molecule has 3 N–H and O–H groups in total. The number of rotatable bonds is 9. The van der Waals surface area contributed by atoms with Gasteiger partial charge < -0.3 is 20.1 Å². The summed E-state index contributed by atoms with van der Waals surface area (Å²) in [6, 6.07) is 12.4. The first-order valence-electron chi connectivity index (χ1n) is 9.49. The number of carbonyl (C=O) groups excluding carboxylic acids is 3. The van der Waals surface area contributed by atoms with Gasteiger partial charge in [-0.3, -0.25) is 14.4 Å². The maximum Gasteiger partial charge on any atom is 0.329 e. The Morgan fingerprint density at radius 3 is 2.48 bits per heavy atom. The van der Waals surface area contributed by atoms with Crippen molar-refractivity contribution in [3.05, 3.63) is 52.5 Å². The summed E-state index contributed by atoms with van der Waals surface area (Å²) in [4.78, 5) is 35.1. The minimum atomic E-state index is -0.869. The smallest absolute Gasteiger partial charge is 0.329 e. The molecule has 0 aliphatic heterocycles. The average Bonchev–Trinajstić information content (AvgIpc) is 2.74. The Morgan fingerprint density at radius 1 is 1.06 bits per heavy atom. The number of nitrogens with zero attached hydrogens (tertiary/aromatic N) is 1. The molecule has 31 heavy (non-hydrogen) atoms. The van der Waals surface area contributed by atoms with Crippen molar-refractivity contribution in [2.75, 3.05) is 25.1 Å². The Hall–Kier alpha value is -3.40. The highest BCUT2D eigenvalue weighted by molar-refractivity contribution is 9.10. The Labute approximate surface area is 188 Å². The molecule has 164 valence electrons. The lowest BCUT2D eigenvalue weighted by molar-refractivity contribution is -0.139. The van der Waals surface area contributed by atoms with Crippen LogP contribution >= 0.6 is 15.9 Å². The van der Waals surface area contributed by atoms with E-state index in [2.05, 4.69) is 37.1 Å². The lowest BCUT2D eigenvalue weighted by atomic mass is 10.2. The van der Waals surface area contributed by atoms with Crippen LogP contribution in [0.2, 0.25) is 0 Å². The predicted octanol–water partition coefficient (Wildman–Crippen LogP) is 2.45. The minimum Gasteiger partial charge on any atom is -0.490 e. The molecule has 2 aromatic rings. The van der Waals surface area contributed by atoms with Crippen LogP contribution in [0, 0.1) is 0 Å².